The summed E-state index contributed by atoms with van der Waals surface area (Å²) in [6.07, 6.45) is 0.396. The predicted molar refractivity (Wildman–Crippen MR) is 71.9 cm³/mol. The number of hydrogen-bond acceptors (Lipinski definition) is 3. The van der Waals surface area contributed by atoms with Crippen LogP contribution in [0, 0.1) is 0 Å². The Balaban J connectivity index is 1.76. The zero-order valence-corrected chi connectivity index (χ0v) is 10.7. The fraction of sp³-hybridized carbons (Fsp3) is 0.429. The normalized spacial score (nSPS) is 22.2. The summed E-state index contributed by atoms with van der Waals surface area (Å²) in [4.78, 5) is 25.7. The molecule has 1 aromatic rings. The van der Waals surface area contributed by atoms with Gasteiger partial charge in [0.1, 0.15) is 0 Å². The number of amides is 2. The van der Waals surface area contributed by atoms with E-state index in [0.717, 1.165) is 11.3 Å². The Morgan fingerprint density at radius 1 is 1.21 bits per heavy atom. The van der Waals surface area contributed by atoms with E-state index in [4.69, 9.17) is 0 Å². The molecule has 100 valence electrons. The van der Waals surface area contributed by atoms with Crippen molar-refractivity contribution in [3.8, 4) is 0 Å². The van der Waals surface area contributed by atoms with Gasteiger partial charge < -0.3 is 15.5 Å². The Morgan fingerprint density at radius 3 is 2.95 bits per heavy atom. The van der Waals surface area contributed by atoms with Crippen LogP contribution >= 0.6 is 0 Å². The van der Waals surface area contributed by atoms with Gasteiger partial charge in [0.2, 0.25) is 11.8 Å². The molecule has 5 heteroatoms. The molecule has 1 fully saturated rings. The summed E-state index contributed by atoms with van der Waals surface area (Å²) in [5, 5.41) is 6.06. The fourth-order valence-electron chi connectivity index (χ4n) is 2.71. The summed E-state index contributed by atoms with van der Waals surface area (Å²) < 4.78 is 0. The molecule has 0 radical (unpaired) electrons. The molecule has 0 aliphatic carbocycles. The van der Waals surface area contributed by atoms with Gasteiger partial charge in [0.05, 0.1) is 5.92 Å². The SMILES string of the molecule is O=C1CCN(C(=O)C2CNc3ccccc32)CCN1. The molecule has 0 saturated carbocycles. The van der Waals surface area contributed by atoms with E-state index < -0.39 is 0 Å². The Kier molecular flexibility index (Phi) is 3.11. The first-order valence-corrected chi connectivity index (χ1v) is 6.64. The molecule has 2 amide bonds. The van der Waals surface area contributed by atoms with Crippen molar-refractivity contribution >= 4 is 17.5 Å². The van der Waals surface area contributed by atoms with Crippen molar-refractivity contribution in [2.45, 2.75) is 12.3 Å². The fourth-order valence-corrected chi connectivity index (χ4v) is 2.71. The monoisotopic (exact) mass is 259 g/mol. The molecule has 3 rings (SSSR count). The lowest BCUT2D eigenvalue weighted by atomic mass is 10.00. The number of hydrogen-bond donors (Lipinski definition) is 2. The number of carbonyl (C=O) groups excluding carboxylic acids is 2. The number of anilines is 1. The molecule has 1 unspecified atom stereocenters. The van der Waals surface area contributed by atoms with E-state index in [1.807, 2.05) is 24.3 Å². The summed E-state index contributed by atoms with van der Waals surface area (Å²) in [5.74, 6) is 0.0265. The lowest BCUT2D eigenvalue weighted by Crippen LogP contribution is -2.38. The van der Waals surface area contributed by atoms with Crippen LogP contribution in [0.1, 0.15) is 17.9 Å². The average molecular weight is 259 g/mol. The lowest BCUT2D eigenvalue weighted by Gasteiger charge is -2.23. The molecule has 1 atom stereocenters. The van der Waals surface area contributed by atoms with Gasteiger partial charge in [-0.05, 0) is 11.6 Å². The number of carbonyl (C=O) groups is 2. The van der Waals surface area contributed by atoms with Crippen LogP contribution in [-0.2, 0) is 9.59 Å². The molecule has 0 bridgehead atoms. The van der Waals surface area contributed by atoms with Gasteiger partial charge in [-0.15, -0.1) is 0 Å². The van der Waals surface area contributed by atoms with Crippen molar-refractivity contribution < 1.29 is 9.59 Å². The maximum Gasteiger partial charge on any atom is 0.232 e. The zero-order valence-electron chi connectivity index (χ0n) is 10.7. The molecular formula is C14H17N3O2. The van der Waals surface area contributed by atoms with Crippen LogP contribution in [0.3, 0.4) is 0 Å². The van der Waals surface area contributed by atoms with Gasteiger partial charge in [0.25, 0.3) is 0 Å². The number of para-hydroxylation sites is 1. The Bertz CT molecular complexity index is 515. The second-order valence-corrected chi connectivity index (χ2v) is 4.95. The van der Waals surface area contributed by atoms with Gasteiger partial charge in [-0.25, -0.2) is 0 Å². The third-order valence-corrected chi connectivity index (χ3v) is 3.76. The van der Waals surface area contributed by atoms with E-state index in [1.165, 1.54) is 0 Å². The molecule has 2 aliphatic heterocycles. The highest BCUT2D eigenvalue weighted by Gasteiger charge is 2.32. The summed E-state index contributed by atoms with van der Waals surface area (Å²) in [6.45, 7) is 2.31. The molecule has 19 heavy (non-hydrogen) atoms. The molecule has 2 aliphatic rings. The van der Waals surface area contributed by atoms with Gasteiger partial charge >= 0.3 is 0 Å². The minimum Gasteiger partial charge on any atom is -0.384 e. The van der Waals surface area contributed by atoms with Gasteiger partial charge in [-0.3, -0.25) is 9.59 Å². The number of nitrogens with zero attached hydrogens (tertiary/aromatic N) is 1. The number of fused-ring (bicyclic) bond motifs is 1. The highest BCUT2D eigenvalue weighted by atomic mass is 16.2. The van der Waals surface area contributed by atoms with Crippen molar-refractivity contribution in [1.29, 1.82) is 0 Å². The quantitative estimate of drug-likeness (QED) is 0.774. The molecule has 2 heterocycles. The van der Waals surface area contributed by atoms with Crippen LogP contribution in [-0.4, -0.2) is 42.9 Å². The largest absolute Gasteiger partial charge is 0.384 e. The van der Waals surface area contributed by atoms with Crippen LogP contribution in [0.25, 0.3) is 0 Å². The van der Waals surface area contributed by atoms with E-state index in [0.29, 0.717) is 32.6 Å². The van der Waals surface area contributed by atoms with Gasteiger partial charge in [0, 0.05) is 38.3 Å². The number of nitrogens with one attached hydrogen (secondary N) is 2. The third kappa shape index (κ3) is 2.28. The van der Waals surface area contributed by atoms with Crippen molar-refractivity contribution in [2.24, 2.45) is 0 Å². The Morgan fingerprint density at radius 2 is 2.05 bits per heavy atom. The minimum absolute atomic E-state index is 0.0280. The summed E-state index contributed by atoms with van der Waals surface area (Å²) in [5.41, 5.74) is 2.11. The van der Waals surface area contributed by atoms with Crippen LogP contribution in [0.4, 0.5) is 5.69 Å². The van der Waals surface area contributed by atoms with Crippen molar-refractivity contribution in [2.75, 3.05) is 31.5 Å². The Hall–Kier alpha value is -2.04. The van der Waals surface area contributed by atoms with Crippen LogP contribution < -0.4 is 10.6 Å². The summed E-state index contributed by atoms with van der Waals surface area (Å²) in [7, 11) is 0. The molecule has 5 nitrogen and oxygen atoms in total. The first kappa shape index (κ1) is 12.0. The van der Waals surface area contributed by atoms with Crippen molar-refractivity contribution in [3.05, 3.63) is 29.8 Å². The Labute approximate surface area is 112 Å². The van der Waals surface area contributed by atoms with Crippen LogP contribution in [0.2, 0.25) is 0 Å². The number of rotatable bonds is 1. The molecule has 1 aromatic carbocycles. The van der Waals surface area contributed by atoms with Crippen LogP contribution in [0.5, 0.6) is 0 Å². The molecule has 0 aromatic heterocycles. The van der Waals surface area contributed by atoms with E-state index in [9.17, 15) is 9.59 Å². The molecule has 1 saturated heterocycles. The maximum atomic E-state index is 12.6. The predicted octanol–water partition coefficient (Wildman–Crippen LogP) is 0.544. The van der Waals surface area contributed by atoms with E-state index in [2.05, 4.69) is 10.6 Å². The minimum atomic E-state index is -0.121. The van der Waals surface area contributed by atoms with E-state index in [1.54, 1.807) is 4.90 Å². The maximum absolute atomic E-state index is 12.6. The molecular weight excluding hydrogens is 242 g/mol. The zero-order chi connectivity index (χ0) is 13.2. The third-order valence-electron chi connectivity index (χ3n) is 3.76. The summed E-state index contributed by atoms with van der Waals surface area (Å²) >= 11 is 0. The van der Waals surface area contributed by atoms with Gasteiger partial charge in [-0.1, -0.05) is 18.2 Å². The number of benzene rings is 1. The van der Waals surface area contributed by atoms with E-state index in [-0.39, 0.29) is 17.7 Å². The van der Waals surface area contributed by atoms with Crippen LogP contribution in [0.15, 0.2) is 24.3 Å². The average Bonchev–Trinajstić information content (AvgIpc) is 2.74. The summed E-state index contributed by atoms with van der Waals surface area (Å²) in [6, 6.07) is 7.92. The highest BCUT2D eigenvalue weighted by molar-refractivity contribution is 5.89. The first-order chi connectivity index (χ1) is 9.25. The van der Waals surface area contributed by atoms with Crippen molar-refractivity contribution in [3.63, 3.8) is 0 Å². The van der Waals surface area contributed by atoms with Crippen molar-refractivity contribution in [1.82, 2.24) is 10.2 Å². The second-order valence-electron chi connectivity index (χ2n) is 4.95. The highest BCUT2D eigenvalue weighted by Crippen LogP contribution is 2.32. The standard InChI is InChI=1S/C14H17N3O2/c18-13-5-7-17(8-6-15-13)14(19)11-9-16-12-4-2-1-3-10(11)12/h1-4,11,16H,5-9H2,(H,15,18). The molecule has 0 spiro atoms. The van der Waals surface area contributed by atoms with Gasteiger partial charge in [0.15, 0.2) is 0 Å². The second kappa shape index (κ2) is 4.91. The van der Waals surface area contributed by atoms with E-state index >= 15 is 0 Å². The topological polar surface area (TPSA) is 61.4 Å². The first-order valence-electron chi connectivity index (χ1n) is 6.64. The van der Waals surface area contributed by atoms with Gasteiger partial charge in [-0.2, -0.15) is 0 Å². The molecule has 2 N–H and O–H groups in total. The lowest BCUT2D eigenvalue weighted by molar-refractivity contribution is -0.132. The smallest absolute Gasteiger partial charge is 0.232 e.